The summed E-state index contributed by atoms with van der Waals surface area (Å²) in [4.78, 5) is 52.5. The van der Waals surface area contributed by atoms with E-state index in [-0.39, 0.29) is 16.7 Å². The zero-order valence-corrected chi connectivity index (χ0v) is 23.2. The maximum atomic E-state index is 13.3. The van der Waals surface area contributed by atoms with Gasteiger partial charge in [0.1, 0.15) is 12.7 Å². The Bertz CT molecular complexity index is 1560. The van der Waals surface area contributed by atoms with E-state index in [1.54, 1.807) is 121 Å². The fraction of sp³-hybridized carbons (Fsp3) is 0.176. The third-order valence-electron chi connectivity index (χ3n) is 6.85. The Morgan fingerprint density at radius 3 is 1.44 bits per heavy atom. The molecule has 4 atom stereocenters. The van der Waals surface area contributed by atoms with Crippen LogP contribution in [0.3, 0.4) is 0 Å². The molecule has 1 unspecified atom stereocenters. The molecule has 0 aliphatic carbocycles. The Morgan fingerprint density at radius 1 is 0.581 bits per heavy atom. The summed E-state index contributed by atoms with van der Waals surface area (Å²) in [6, 6.07) is 32.8. The van der Waals surface area contributed by atoms with Gasteiger partial charge in [0.2, 0.25) is 11.9 Å². The van der Waals surface area contributed by atoms with E-state index in [9.17, 15) is 19.2 Å². The summed E-state index contributed by atoms with van der Waals surface area (Å²) in [6.45, 7) is 1.04. The number of hydrogen-bond acceptors (Lipinski definition) is 9. The van der Waals surface area contributed by atoms with Crippen LogP contribution in [0.15, 0.2) is 121 Å². The van der Waals surface area contributed by atoms with Gasteiger partial charge in [-0.3, -0.25) is 0 Å². The molecule has 0 spiro atoms. The molecule has 9 heteroatoms. The van der Waals surface area contributed by atoms with Gasteiger partial charge in [-0.1, -0.05) is 72.8 Å². The first-order chi connectivity index (χ1) is 20.8. The van der Waals surface area contributed by atoms with Gasteiger partial charge >= 0.3 is 23.9 Å². The number of carbonyl (C=O) groups is 4. The van der Waals surface area contributed by atoms with Gasteiger partial charge in [-0.15, -0.1) is 0 Å². The van der Waals surface area contributed by atoms with Crippen molar-refractivity contribution in [2.75, 3.05) is 6.61 Å². The van der Waals surface area contributed by atoms with Crippen molar-refractivity contribution in [3.8, 4) is 0 Å². The van der Waals surface area contributed by atoms with Crippen molar-refractivity contribution in [1.29, 1.82) is 0 Å². The molecule has 1 aliphatic rings. The van der Waals surface area contributed by atoms with Crippen molar-refractivity contribution in [1.82, 2.24) is 0 Å². The van der Waals surface area contributed by atoms with Crippen molar-refractivity contribution in [2.45, 2.75) is 31.0 Å². The third kappa shape index (κ3) is 6.79. The first-order valence-electron chi connectivity index (χ1n) is 13.5. The van der Waals surface area contributed by atoms with Crippen LogP contribution in [0.25, 0.3) is 0 Å². The van der Waals surface area contributed by atoms with Crippen LogP contribution in [0.4, 0.5) is 0 Å². The largest absolute Gasteiger partial charge is 0.459 e. The van der Waals surface area contributed by atoms with Crippen LogP contribution in [-0.2, 0) is 23.7 Å². The molecule has 4 aromatic carbocycles. The minimum atomic E-state index is -1.86. The standard InChI is InChI=1S/C34H28O9/c1-34(43-32(38)26-20-12-5-13-21-26)28(41-30(36)24-16-8-3-9-17-24)27(22-39-29(35)23-14-6-2-7-15-23)40-33(34)42-31(37)25-18-10-4-11-19-25/h2-21,27-28,33H,22H2,1H3/t27-,28-,33?,34+/m1/s1. The fourth-order valence-electron chi connectivity index (χ4n) is 4.58. The number of rotatable bonds is 9. The lowest BCUT2D eigenvalue weighted by Gasteiger charge is -2.33. The lowest BCUT2D eigenvalue weighted by Crippen LogP contribution is -2.53. The zero-order valence-electron chi connectivity index (χ0n) is 23.2. The second-order valence-corrected chi connectivity index (χ2v) is 9.87. The normalized spacial score (nSPS) is 20.9. The number of carbonyl (C=O) groups excluding carboxylic acids is 4. The lowest BCUT2D eigenvalue weighted by atomic mass is 9.96. The molecule has 1 saturated heterocycles. The van der Waals surface area contributed by atoms with E-state index in [0.29, 0.717) is 5.56 Å². The SMILES string of the molecule is C[C@@]1(OC(=O)c2ccccc2)C(OC(=O)c2ccccc2)O[C@H](COC(=O)c2ccccc2)[C@H]1OC(=O)c1ccccc1. The number of esters is 4. The maximum absolute atomic E-state index is 13.3. The van der Waals surface area contributed by atoms with Crippen LogP contribution in [0.2, 0.25) is 0 Å². The Hall–Kier alpha value is -5.28. The monoisotopic (exact) mass is 580 g/mol. The van der Waals surface area contributed by atoms with E-state index in [0.717, 1.165) is 0 Å². The molecule has 1 aliphatic heterocycles. The Kier molecular flexibility index (Phi) is 8.93. The van der Waals surface area contributed by atoms with E-state index in [2.05, 4.69) is 0 Å². The highest BCUT2D eigenvalue weighted by Gasteiger charge is 2.61. The number of benzene rings is 4. The predicted molar refractivity (Wildman–Crippen MR) is 153 cm³/mol. The molecule has 0 radical (unpaired) electrons. The Labute approximate surface area is 247 Å². The van der Waals surface area contributed by atoms with E-state index in [1.165, 1.54) is 6.92 Å². The van der Waals surface area contributed by atoms with Crippen LogP contribution in [0.1, 0.15) is 48.4 Å². The smallest absolute Gasteiger partial charge is 0.340 e. The van der Waals surface area contributed by atoms with Crippen molar-refractivity contribution in [2.24, 2.45) is 0 Å². The van der Waals surface area contributed by atoms with Crippen LogP contribution in [-0.4, -0.2) is 54.6 Å². The minimum Gasteiger partial charge on any atom is -0.459 e. The highest BCUT2D eigenvalue weighted by Crippen LogP contribution is 2.39. The summed E-state index contributed by atoms with van der Waals surface area (Å²) in [5.41, 5.74) is -0.901. The summed E-state index contributed by atoms with van der Waals surface area (Å²) >= 11 is 0. The van der Waals surface area contributed by atoms with Gasteiger partial charge in [-0.05, 0) is 55.5 Å². The topological polar surface area (TPSA) is 114 Å². The van der Waals surface area contributed by atoms with Gasteiger partial charge in [0.05, 0.1) is 22.3 Å². The van der Waals surface area contributed by atoms with Crippen LogP contribution < -0.4 is 0 Å². The first kappa shape index (κ1) is 29.2. The zero-order chi connectivity index (χ0) is 30.2. The molecule has 43 heavy (non-hydrogen) atoms. The van der Waals surface area contributed by atoms with E-state index < -0.39 is 54.6 Å². The molecule has 0 aromatic heterocycles. The molecule has 0 saturated carbocycles. The Balaban J connectivity index is 1.48. The van der Waals surface area contributed by atoms with Gasteiger partial charge in [0.15, 0.2) is 6.10 Å². The second-order valence-electron chi connectivity index (χ2n) is 9.87. The molecule has 5 rings (SSSR count). The van der Waals surface area contributed by atoms with E-state index in [1.807, 2.05) is 0 Å². The maximum Gasteiger partial charge on any atom is 0.340 e. The fourth-order valence-corrected chi connectivity index (χ4v) is 4.58. The molecular formula is C34H28O9. The van der Waals surface area contributed by atoms with Crippen molar-refractivity contribution < 1.29 is 42.9 Å². The number of hydrogen-bond donors (Lipinski definition) is 0. The molecular weight excluding hydrogens is 552 g/mol. The summed E-state index contributed by atoms with van der Waals surface area (Å²) in [6.07, 6.45) is -4.07. The highest BCUT2D eigenvalue weighted by atomic mass is 16.8. The summed E-state index contributed by atoms with van der Waals surface area (Å²) in [5.74, 6) is -2.92. The second kappa shape index (κ2) is 13.1. The van der Waals surface area contributed by atoms with Gasteiger partial charge in [0, 0.05) is 0 Å². The molecule has 1 fully saturated rings. The van der Waals surface area contributed by atoms with Gasteiger partial charge in [-0.2, -0.15) is 0 Å². The summed E-state index contributed by atoms with van der Waals surface area (Å²) < 4.78 is 29.1. The third-order valence-corrected chi connectivity index (χ3v) is 6.85. The highest BCUT2D eigenvalue weighted by molar-refractivity contribution is 5.91. The molecule has 1 heterocycles. The first-order valence-corrected chi connectivity index (χ1v) is 13.5. The molecule has 0 N–H and O–H groups in total. The lowest BCUT2D eigenvalue weighted by molar-refractivity contribution is -0.175. The minimum absolute atomic E-state index is 0.212. The van der Waals surface area contributed by atoms with Crippen molar-refractivity contribution >= 4 is 23.9 Å². The molecule has 4 aromatic rings. The average molecular weight is 581 g/mol. The van der Waals surface area contributed by atoms with Gasteiger partial charge in [0.25, 0.3) is 0 Å². The van der Waals surface area contributed by atoms with Gasteiger partial charge < -0.3 is 23.7 Å². The van der Waals surface area contributed by atoms with Crippen LogP contribution in [0.5, 0.6) is 0 Å². The molecule has 0 bridgehead atoms. The van der Waals surface area contributed by atoms with Crippen LogP contribution >= 0.6 is 0 Å². The van der Waals surface area contributed by atoms with Gasteiger partial charge in [-0.25, -0.2) is 19.2 Å². The molecule has 0 amide bonds. The van der Waals surface area contributed by atoms with E-state index >= 15 is 0 Å². The van der Waals surface area contributed by atoms with Crippen molar-refractivity contribution in [3.63, 3.8) is 0 Å². The average Bonchev–Trinajstić information content (AvgIpc) is 3.30. The van der Waals surface area contributed by atoms with Crippen LogP contribution in [0, 0.1) is 0 Å². The summed E-state index contributed by atoms with van der Waals surface area (Å²) in [7, 11) is 0. The quantitative estimate of drug-likeness (QED) is 0.193. The molecule has 9 nitrogen and oxygen atoms in total. The molecule has 218 valence electrons. The van der Waals surface area contributed by atoms with E-state index in [4.69, 9.17) is 23.7 Å². The number of ether oxygens (including phenoxy) is 5. The predicted octanol–water partition coefficient (Wildman–Crippen LogP) is 5.27. The Morgan fingerprint density at radius 2 is 0.977 bits per heavy atom. The summed E-state index contributed by atoms with van der Waals surface area (Å²) in [5, 5.41) is 0. The van der Waals surface area contributed by atoms with Crippen molar-refractivity contribution in [3.05, 3.63) is 144 Å².